The van der Waals surface area contributed by atoms with Gasteiger partial charge in [0.05, 0.1) is 0 Å². The average molecular weight is 471 g/mol. The van der Waals surface area contributed by atoms with Gasteiger partial charge >= 0.3 is 6.18 Å². The van der Waals surface area contributed by atoms with Crippen LogP contribution in [0.5, 0.6) is 0 Å². The average Bonchev–Trinajstić information content (AvgIpc) is 3.40. The largest absolute Gasteiger partial charge is 0.452 e. The highest BCUT2D eigenvalue weighted by atomic mass is 35.5. The summed E-state index contributed by atoms with van der Waals surface area (Å²) in [5, 5.41) is 4.12. The van der Waals surface area contributed by atoms with Gasteiger partial charge in [0, 0.05) is 50.4 Å². The maximum absolute atomic E-state index is 13.2. The highest BCUT2D eigenvalue weighted by Gasteiger charge is 2.46. The van der Waals surface area contributed by atoms with E-state index in [-0.39, 0.29) is 17.7 Å². The lowest BCUT2D eigenvalue weighted by atomic mass is 10.0. The molecule has 1 N–H and O–H groups in total. The molecule has 1 amide bonds. The van der Waals surface area contributed by atoms with E-state index in [4.69, 9.17) is 11.6 Å². The van der Waals surface area contributed by atoms with Gasteiger partial charge in [-0.05, 0) is 49.4 Å². The van der Waals surface area contributed by atoms with Crippen molar-refractivity contribution >= 4 is 23.2 Å². The van der Waals surface area contributed by atoms with Crippen molar-refractivity contribution in [2.75, 3.05) is 44.6 Å². The summed E-state index contributed by atoms with van der Waals surface area (Å²) in [6, 6.07) is 5.91. The number of likely N-dealkylation sites (tertiary alicyclic amines) is 2. The number of carbonyl (C=O) groups excluding carboxylic acids is 1. The van der Waals surface area contributed by atoms with Gasteiger partial charge < -0.3 is 19.5 Å². The van der Waals surface area contributed by atoms with E-state index in [1.54, 1.807) is 0 Å². The first kappa shape index (κ1) is 22.9. The molecule has 2 fully saturated rings. The number of halogens is 4. The number of hydrogen-bond donors (Lipinski definition) is 1. The number of benzene rings is 1. The van der Waals surface area contributed by atoms with Gasteiger partial charge in [-0.15, -0.1) is 0 Å². The van der Waals surface area contributed by atoms with Crippen molar-refractivity contribution in [3.05, 3.63) is 46.1 Å². The minimum absolute atomic E-state index is 0.159. The zero-order valence-electron chi connectivity index (χ0n) is 18.0. The summed E-state index contributed by atoms with van der Waals surface area (Å²) in [6.07, 6.45) is -3.78. The topological polar surface area (TPSA) is 61.6 Å². The number of anilines is 1. The summed E-state index contributed by atoms with van der Waals surface area (Å²) in [5.74, 6) is -1.62. The van der Waals surface area contributed by atoms with Crippen LogP contribution in [0.25, 0.3) is 0 Å². The molecule has 2 atom stereocenters. The fourth-order valence-corrected chi connectivity index (χ4v) is 4.77. The van der Waals surface area contributed by atoms with Gasteiger partial charge in [-0.25, -0.2) is 4.98 Å². The van der Waals surface area contributed by atoms with Crippen molar-refractivity contribution < 1.29 is 22.4 Å². The number of rotatable bonds is 6. The van der Waals surface area contributed by atoms with Crippen molar-refractivity contribution in [1.29, 1.82) is 0 Å². The first-order valence-corrected chi connectivity index (χ1v) is 11.1. The Bertz CT molecular complexity index is 980. The van der Waals surface area contributed by atoms with E-state index in [1.165, 1.54) is 11.8 Å². The second-order valence-electron chi connectivity index (χ2n) is 8.64. The molecule has 32 heavy (non-hydrogen) atoms. The van der Waals surface area contributed by atoms with Gasteiger partial charge in [0.15, 0.2) is 11.6 Å². The molecule has 2 aliphatic heterocycles. The van der Waals surface area contributed by atoms with Crippen LogP contribution in [0.1, 0.15) is 34.1 Å². The van der Waals surface area contributed by atoms with Gasteiger partial charge in [0.1, 0.15) is 0 Å². The Kier molecular flexibility index (Phi) is 6.40. The predicted octanol–water partition coefficient (Wildman–Crippen LogP) is 4.47. The van der Waals surface area contributed by atoms with Crippen LogP contribution in [0.3, 0.4) is 0 Å². The number of oxazole rings is 1. The molecule has 4 rings (SSSR count). The second-order valence-corrected chi connectivity index (χ2v) is 9.05. The van der Waals surface area contributed by atoms with E-state index in [0.29, 0.717) is 13.1 Å². The van der Waals surface area contributed by atoms with Crippen LogP contribution in [0, 0.1) is 25.7 Å². The molecule has 2 unspecified atom stereocenters. The van der Waals surface area contributed by atoms with E-state index >= 15 is 0 Å². The number of aryl methyl sites for hydroxylation is 2. The van der Waals surface area contributed by atoms with Gasteiger partial charge in [0.25, 0.3) is 5.91 Å². The molecule has 0 saturated carbocycles. The highest BCUT2D eigenvalue weighted by molar-refractivity contribution is 6.31. The summed E-state index contributed by atoms with van der Waals surface area (Å²) in [7, 11) is 0. The van der Waals surface area contributed by atoms with E-state index < -0.39 is 23.5 Å². The number of amides is 1. The van der Waals surface area contributed by atoms with Crippen LogP contribution in [-0.2, 0) is 6.18 Å². The maximum atomic E-state index is 13.2. The smallest absolute Gasteiger partial charge is 0.436 e. The first-order valence-electron chi connectivity index (χ1n) is 10.7. The Balaban J connectivity index is 1.25. The van der Waals surface area contributed by atoms with Crippen molar-refractivity contribution in [2.24, 2.45) is 11.8 Å². The highest BCUT2D eigenvalue weighted by Crippen LogP contribution is 2.36. The number of hydrogen-bond acceptors (Lipinski definition) is 5. The van der Waals surface area contributed by atoms with Crippen LogP contribution in [0.2, 0.25) is 5.02 Å². The molecule has 6 nitrogen and oxygen atoms in total. The number of alkyl halides is 3. The SMILES string of the molecule is Cc1nc(C(=O)N2CC3CN(CCCNc4ccc(C)c(Cl)c4)CC3C2)c(C(F)(F)F)o1. The molecule has 1 aromatic heterocycles. The summed E-state index contributed by atoms with van der Waals surface area (Å²) in [5.41, 5.74) is 1.41. The summed E-state index contributed by atoms with van der Waals surface area (Å²) < 4.78 is 44.1. The molecule has 0 radical (unpaired) electrons. The monoisotopic (exact) mass is 470 g/mol. The summed E-state index contributed by atoms with van der Waals surface area (Å²) in [6.45, 7) is 7.60. The summed E-state index contributed by atoms with van der Waals surface area (Å²) in [4.78, 5) is 20.3. The van der Waals surface area contributed by atoms with Crippen molar-refractivity contribution in [3.63, 3.8) is 0 Å². The Morgan fingerprint density at radius 3 is 2.53 bits per heavy atom. The van der Waals surface area contributed by atoms with Crippen molar-refractivity contribution in [1.82, 2.24) is 14.8 Å². The normalized spacial score (nSPS) is 21.2. The molecule has 2 aliphatic rings. The molecule has 0 bridgehead atoms. The fourth-order valence-electron chi connectivity index (χ4n) is 4.59. The molecule has 0 aliphatic carbocycles. The summed E-state index contributed by atoms with van der Waals surface area (Å²) >= 11 is 6.15. The Morgan fingerprint density at radius 1 is 1.22 bits per heavy atom. The van der Waals surface area contributed by atoms with Gasteiger partial charge in [0.2, 0.25) is 5.76 Å². The minimum Gasteiger partial charge on any atom is -0.436 e. The number of aromatic nitrogens is 1. The minimum atomic E-state index is -4.74. The lowest BCUT2D eigenvalue weighted by molar-refractivity contribution is -0.153. The maximum Gasteiger partial charge on any atom is 0.452 e. The lowest BCUT2D eigenvalue weighted by Gasteiger charge is -2.21. The molecule has 2 saturated heterocycles. The number of carbonyl (C=O) groups is 1. The number of fused-ring (bicyclic) bond motifs is 1. The molecule has 1 aromatic carbocycles. The van der Waals surface area contributed by atoms with Crippen LogP contribution < -0.4 is 5.32 Å². The van der Waals surface area contributed by atoms with Gasteiger partial charge in [-0.2, -0.15) is 13.2 Å². The lowest BCUT2D eigenvalue weighted by Crippen LogP contribution is -2.34. The molecule has 10 heteroatoms. The molecular formula is C22H26ClF3N4O2. The van der Waals surface area contributed by atoms with Gasteiger partial charge in [-0.3, -0.25) is 4.79 Å². The first-order chi connectivity index (χ1) is 15.1. The number of nitrogens with zero attached hydrogens (tertiary/aromatic N) is 3. The molecule has 0 spiro atoms. The third-order valence-corrected chi connectivity index (χ3v) is 6.60. The van der Waals surface area contributed by atoms with E-state index in [0.717, 1.165) is 48.9 Å². The Morgan fingerprint density at radius 2 is 1.91 bits per heavy atom. The molecule has 3 heterocycles. The molecular weight excluding hydrogens is 445 g/mol. The molecule has 2 aromatic rings. The zero-order chi connectivity index (χ0) is 23.0. The van der Waals surface area contributed by atoms with Crippen LogP contribution in [0.4, 0.5) is 18.9 Å². The fraction of sp³-hybridized carbons (Fsp3) is 0.545. The molecule has 174 valence electrons. The number of nitrogens with one attached hydrogen (secondary N) is 1. The van der Waals surface area contributed by atoms with Crippen LogP contribution in [0.15, 0.2) is 22.6 Å². The van der Waals surface area contributed by atoms with Crippen LogP contribution >= 0.6 is 11.6 Å². The van der Waals surface area contributed by atoms with E-state index in [9.17, 15) is 18.0 Å². The Hall–Kier alpha value is -2.26. The quantitative estimate of drug-likeness (QED) is 0.631. The van der Waals surface area contributed by atoms with Crippen molar-refractivity contribution in [3.8, 4) is 0 Å². The van der Waals surface area contributed by atoms with E-state index in [2.05, 4.69) is 19.6 Å². The third kappa shape index (κ3) is 4.88. The van der Waals surface area contributed by atoms with Gasteiger partial charge in [-0.1, -0.05) is 17.7 Å². The van der Waals surface area contributed by atoms with Crippen molar-refractivity contribution in [2.45, 2.75) is 26.4 Å². The zero-order valence-corrected chi connectivity index (χ0v) is 18.8. The van der Waals surface area contributed by atoms with E-state index in [1.807, 2.05) is 25.1 Å². The van der Waals surface area contributed by atoms with Crippen LogP contribution in [-0.4, -0.2) is 60.0 Å². The third-order valence-electron chi connectivity index (χ3n) is 6.20. The second kappa shape index (κ2) is 8.94. The Labute approximate surface area is 189 Å². The predicted molar refractivity (Wildman–Crippen MR) is 115 cm³/mol. The standard InChI is InChI=1S/C22H26ClF3N4O2/c1-13-4-5-17(8-18(13)23)27-6-3-7-29-9-15-11-30(12-16(15)10-29)21(31)19-20(22(24,25)26)32-14(2)28-19/h4-5,8,15-16,27H,3,6-7,9-12H2,1-2H3.